The largest absolute Gasteiger partial charge is 0.395 e. The van der Waals surface area contributed by atoms with Gasteiger partial charge in [0.15, 0.2) is 0 Å². The lowest BCUT2D eigenvalue weighted by atomic mass is 10.4. The first-order valence-electron chi connectivity index (χ1n) is 4.19. The van der Waals surface area contributed by atoms with E-state index in [4.69, 9.17) is 10.8 Å². The number of likely N-dealkylation sites (N-methyl/N-ethyl adjacent to an activating group) is 1. The van der Waals surface area contributed by atoms with E-state index in [2.05, 4.69) is 4.98 Å². The summed E-state index contributed by atoms with van der Waals surface area (Å²) in [5.41, 5.74) is 5.78. The van der Waals surface area contributed by atoms with Crippen LogP contribution in [0.25, 0.3) is 0 Å². The zero-order valence-corrected chi connectivity index (χ0v) is 8.75. The summed E-state index contributed by atoms with van der Waals surface area (Å²) >= 11 is 1.37. The summed E-state index contributed by atoms with van der Waals surface area (Å²) in [6.07, 6.45) is 0. The van der Waals surface area contributed by atoms with Crippen LogP contribution in [0.5, 0.6) is 0 Å². The predicted octanol–water partition coefficient (Wildman–Crippen LogP) is -0.334. The first-order chi connectivity index (χ1) is 6.69. The van der Waals surface area contributed by atoms with Crippen molar-refractivity contribution in [1.82, 2.24) is 9.88 Å². The van der Waals surface area contributed by atoms with Gasteiger partial charge in [-0.05, 0) is 0 Å². The molecule has 0 aliphatic rings. The highest BCUT2D eigenvalue weighted by Gasteiger charge is 2.14. The molecule has 0 aliphatic carbocycles. The van der Waals surface area contributed by atoms with Crippen molar-refractivity contribution in [3.63, 3.8) is 0 Å². The minimum absolute atomic E-state index is 0.0455. The maximum Gasteiger partial charge on any atom is 0.273 e. The number of hydrogen-bond donors (Lipinski definition) is 2. The summed E-state index contributed by atoms with van der Waals surface area (Å²) in [5, 5.41) is 11.1. The van der Waals surface area contributed by atoms with E-state index in [0.717, 1.165) is 5.01 Å². The summed E-state index contributed by atoms with van der Waals surface area (Å²) in [6.45, 7) is 0.617. The fourth-order valence-electron chi connectivity index (χ4n) is 0.950. The molecule has 0 fully saturated rings. The summed E-state index contributed by atoms with van der Waals surface area (Å²) in [5.74, 6) is -0.185. The number of nitrogens with zero attached hydrogens (tertiary/aromatic N) is 2. The molecule has 1 heterocycles. The van der Waals surface area contributed by atoms with Gasteiger partial charge in [-0.25, -0.2) is 4.98 Å². The van der Waals surface area contributed by atoms with Gasteiger partial charge in [0.05, 0.1) is 6.61 Å². The number of aliphatic hydroxyl groups excluding tert-OH is 1. The number of amides is 1. The molecule has 1 amide bonds. The van der Waals surface area contributed by atoms with Crippen molar-refractivity contribution in [1.29, 1.82) is 0 Å². The number of aliphatic hydroxyl groups is 1. The molecule has 0 atom stereocenters. The zero-order chi connectivity index (χ0) is 10.6. The van der Waals surface area contributed by atoms with Crippen LogP contribution in [0.2, 0.25) is 0 Å². The Bertz CT molecular complexity index is 313. The van der Waals surface area contributed by atoms with Crippen molar-refractivity contribution in [3.8, 4) is 0 Å². The van der Waals surface area contributed by atoms with Gasteiger partial charge < -0.3 is 15.7 Å². The minimum Gasteiger partial charge on any atom is -0.395 e. The Labute approximate surface area is 86.2 Å². The lowest BCUT2D eigenvalue weighted by Gasteiger charge is -2.13. The van der Waals surface area contributed by atoms with Gasteiger partial charge in [-0.15, -0.1) is 11.3 Å². The summed E-state index contributed by atoms with van der Waals surface area (Å²) in [4.78, 5) is 17.1. The van der Waals surface area contributed by atoms with Crippen LogP contribution in [0, 0.1) is 0 Å². The molecule has 0 unspecified atom stereocenters. The molecule has 0 radical (unpaired) electrons. The van der Waals surface area contributed by atoms with E-state index in [1.807, 2.05) is 0 Å². The quantitative estimate of drug-likeness (QED) is 0.720. The predicted molar refractivity (Wildman–Crippen MR) is 54.1 cm³/mol. The first-order valence-corrected chi connectivity index (χ1v) is 5.07. The molecular weight excluding hydrogens is 202 g/mol. The highest BCUT2D eigenvalue weighted by atomic mass is 32.1. The lowest BCUT2D eigenvalue weighted by Crippen LogP contribution is -2.29. The second-order valence-corrected chi connectivity index (χ2v) is 3.72. The van der Waals surface area contributed by atoms with Crippen LogP contribution in [-0.2, 0) is 6.54 Å². The second kappa shape index (κ2) is 5.04. The maximum atomic E-state index is 11.6. The Balaban J connectivity index is 2.68. The van der Waals surface area contributed by atoms with Gasteiger partial charge in [0, 0.05) is 25.5 Å². The Morgan fingerprint density at radius 3 is 3.00 bits per heavy atom. The van der Waals surface area contributed by atoms with Crippen LogP contribution in [0.3, 0.4) is 0 Å². The van der Waals surface area contributed by atoms with E-state index >= 15 is 0 Å². The van der Waals surface area contributed by atoms with Gasteiger partial charge in [0.2, 0.25) is 0 Å². The van der Waals surface area contributed by atoms with Crippen molar-refractivity contribution in [2.75, 3.05) is 20.2 Å². The van der Waals surface area contributed by atoms with E-state index in [1.54, 1.807) is 12.4 Å². The Hall–Kier alpha value is -0.980. The van der Waals surface area contributed by atoms with Crippen LogP contribution < -0.4 is 5.73 Å². The zero-order valence-electron chi connectivity index (χ0n) is 7.93. The molecule has 0 spiro atoms. The van der Waals surface area contributed by atoms with Crippen molar-refractivity contribution >= 4 is 17.2 Å². The molecule has 5 nitrogen and oxygen atoms in total. The first kappa shape index (κ1) is 11.1. The summed E-state index contributed by atoms with van der Waals surface area (Å²) in [6, 6.07) is 0. The van der Waals surface area contributed by atoms with Crippen LogP contribution in [-0.4, -0.2) is 41.1 Å². The molecule has 0 saturated heterocycles. The van der Waals surface area contributed by atoms with Gasteiger partial charge in [-0.1, -0.05) is 0 Å². The van der Waals surface area contributed by atoms with Gasteiger partial charge in [0.25, 0.3) is 5.91 Å². The van der Waals surface area contributed by atoms with Crippen molar-refractivity contribution in [2.45, 2.75) is 6.54 Å². The number of nitrogens with two attached hydrogens (primary N) is 1. The average Bonchev–Trinajstić information content (AvgIpc) is 2.65. The van der Waals surface area contributed by atoms with E-state index in [0.29, 0.717) is 18.8 Å². The van der Waals surface area contributed by atoms with E-state index in [9.17, 15) is 4.79 Å². The molecule has 1 rings (SSSR count). The molecule has 3 N–H and O–H groups in total. The number of rotatable bonds is 4. The Morgan fingerprint density at radius 1 is 1.79 bits per heavy atom. The third kappa shape index (κ3) is 2.50. The maximum absolute atomic E-state index is 11.6. The molecular formula is C8H13N3O2S. The Morgan fingerprint density at radius 2 is 2.50 bits per heavy atom. The van der Waals surface area contributed by atoms with Crippen molar-refractivity contribution < 1.29 is 9.90 Å². The number of thiazole rings is 1. The highest BCUT2D eigenvalue weighted by molar-refractivity contribution is 7.09. The van der Waals surface area contributed by atoms with E-state index in [-0.39, 0.29) is 12.5 Å². The normalized spacial score (nSPS) is 10.2. The molecule has 1 aromatic rings. The third-order valence-electron chi connectivity index (χ3n) is 1.73. The average molecular weight is 215 g/mol. The van der Waals surface area contributed by atoms with Gasteiger partial charge in [0.1, 0.15) is 10.7 Å². The number of aromatic nitrogens is 1. The number of carbonyl (C=O) groups excluding carboxylic acids is 1. The van der Waals surface area contributed by atoms with Gasteiger partial charge >= 0.3 is 0 Å². The Kier molecular flexibility index (Phi) is 3.99. The standard InChI is InChI=1S/C8H13N3O2S/c1-11(2-3-12)8(13)6-5-14-7(4-9)10-6/h5,12H,2-4,9H2,1H3. The molecule has 0 aromatic carbocycles. The fourth-order valence-corrected chi connectivity index (χ4v) is 1.60. The smallest absolute Gasteiger partial charge is 0.273 e. The lowest BCUT2D eigenvalue weighted by molar-refractivity contribution is 0.0762. The van der Waals surface area contributed by atoms with Crippen LogP contribution in [0.4, 0.5) is 0 Å². The fraction of sp³-hybridized carbons (Fsp3) is 0.500. The molecule has 0 bridgehead atoms. The molecule has 0 aliphatic heterocycles. The van der Waals surface area contributed by atoms with Crippen LogP contribution >= 0.6 is 11.3 Å². The molecule has 78 valence electrons. The topological polar surface area (TPSA) is 79.5 Å². The van der Waals surface area contributed by atoms with E-state index in [1.165, 1.54) is 16.2 Å². The summed E-state index contributed by atoms with van der Waals surface area (Å²) in [7, 11) is 1.63. The van der Waals surface area contributed by atoms with E-state index < -0.39 is 0 Å². The number of hydrogen-bond acceptors (Lipinski definition) is 5. The molecule has 1 aromatic heterocycles. The van der Waals surface area contributed by atoms with Crippen molar-refractivity contribution in [3.05, 3.63) is 16.1 Å². The van der Waals surface area contributed by atoms with Gasteiger partial charge in [-0.3, -0.25) is 4.79 Å². The van der Waals surface area contributed by atoms with Gasteiger partial charge in [-0.2, -0.15) is 0 Å². The minimum atomic E-state index is -0.185. The molecule has 14 heavy (non-hydrogen) atoms. The molecule has 0 saturated carbocycles. The second-order valence-electron chi connectivity index (χ2n) is 2.78. The number of carbonyl (C=O) groups is 1. The third-order valence-corrected chi connectivity index (χ3v) is 2.60. The monoisotopic (exact) mass is 215 g/mol. The molecule has 6 heteroatoms. The van der Waals surface area contributed by atoms with Crippen LogP contribution in [0.15, 0.2) is 5.38 Å². The summed E-state index contributed by atoms with van der Waals surface area (Å²) < 4.78 is 0. The highest BCUT2D eigenvalue weighted by Crippen LogP contribution is 2.10. The van der Waals surface area contributed by atoms with Crippen molar-refractivity contribution in [2.24, 2.45) is 5.73 Å². The SMILES string of the molecule is CN(CCO)C(=O)c1csc(CN)n1. The van der Waals surface area contributed by atoms with Crippen LogP contribution in [0.1, 0.15) is 15.5 Å².